The molecule has 0 spiro atoms. The number of piperidine rings is 1. The van der Waals surface area contributed by atoms with E-state index in [2.05, 4.69) is 45.9 Å². The highest BCUT2D eigenvalue weighted by molar-refractivity contribution is 7.29. The van der Waals surface area contributed by atoms with Crippen molar-refractivity contribution >= 4 is 49.9 Å². The number of halogens is 1. The molecule has 4 aromatic rings. The molecule has 0 radical (unpaired) electrons. The zero-order chi connectivity index (χ0) is 21.5. The van der Waals surface area contributed by atoms with Crippen LogP contribution >= 0.6 is 35.1 Å². The minimum absolute atomic E-state index is 0. The Bertz CT molecular complexity index is 1150. The van der Waals surface area contributed by atoms with Crippen LogP contribution in [0.5, 0.6) is 5.75 Å². The van der Waals surface area contributed by atoms with Crippen LogP contribution in [-0.4, -0.2) is 67.4 Å². The Hall–Kier alpha value is -2.27. The first-order chi connectivity index (χ1) is 15.0. The zero-order valence-electron chi connectivity index (χ0n) is 18.1. The van der Waals surface area contributed by atoms with Crippen LogP contribution < -0.4 is 4.90 Å². The Balaban J connectivity index is 0.00000245. The van der Waals surface area contributed by atoms with Crippen LogP contribution in [-0.2, 0) is 0 Å². The summed E-state index contributed by atoms with van der Waals surface area (Å²) < 4.78 is 0. The van der Waals surface area contributed by atoms with Gasteiger partial charge in [-0.3, -0.25) is 5.10 Å². The normalized spacial score (nSPS) is 15.4. The maximum Gasteiger partial charge on any atom is 0.188 e. The summed E-state index contributed by atoms with van der Waals surface area (Å²) in [4.78, 5) is 20.6. The molecule has 2 N–H and O–H groups in total. The number of H-pyrrole nitrogens is 1. The van der Waals surface area contributed by atoms with Crippen LogP contribution in [0.2, 0.25) is 0 Å². The molecule has 11 heteroatoms. The summed E-state index contributed by atoms with van der Waals surface area (Å²) in [5.41, 5.74) is 2.17. The summed E-state index contributed by atoms with van der Waals surface area (Å²) in [6, 6.07) is 2.81. The van der Waals surface area contributed by atoms with E-state index >= 15 is 0 Å². The quantitative estimate of drug-likeness (QED) is 0.420. The summed E-state index contributed by atoms with van der Waals surface area (Å²) in [5, 5.41) is 18.9. The van der Waals surface area contributed by atoms with Crippen LogP contribution in [0.4, 0.5) is 5.13 Å². The van der Waals surface area contributed by atoms with Crippen molar-refractivity contribution in [2.24, 2.45) is 0 Å². The second-order valence-electron chi connectivity index (χ2n) is 8.18. The Morgan fingerprint density at radius 2 is 1.88 bits per heavy atom. The Morgan fingerprint density at radius 1 is 1.12 bits per heavy atom. The molecular formula is C21H26ClN7OS2. The Labute approximate surface area is 200 Å². The molecule has 5 rings (SSSR count). The first-order valence-electron chi connectivity index (χ1n) is 10.4. The fourth-order valence-electron chi connectivity index (χ4n) is 4.01. The number of rotatable bonds is 5. The van der Waals surface area contributed by atoms with Crippen molar-refractivity contribution in [1.29, 1.82) is 0 Å². The molecule has 0 bridgehead atoms. The van der Waals surface area contributed by atoms with Crippen molar-refractivity contribution in [3.8, 4) is 27.6 Å². The number of aromatic amines is 1. The largest absolute Gasteiger partial charge is 0.506 e. The second kappa shape index (κ2) is 9.30. The third kappa shape index (κ3) is 4.32. The first-order valence-corrected chi connectivity index (χ1v) is 12.1. The lowest BCUT2D eigenvalue weighted by Crippen LogP contribution is -2.45. The van der Waals surface area contributed by atoms with Gasteiger partial charge in [-0.1, -0.05) is 22.7 Å². The van der Waals surface area contributed by atoms with Gasteiger partial charge in [0.05, 0.1) is 6.20 Å². The summed E-state index contributed by atoms with van der Waals surface area (Å²) in [6.07, 6.45) is 7.50. The number of hydrogen-bond acceptors (Lipinski definition) is 9. The second-order valence-corrected chi connectivity index (χ2v) is 10.1. The van der Waals surface area contributed by atoms with Crippen molar-refractivity contribution in [1.82, 2.24) is 30.0 Å². The lowest BCUT2D eigenvalue weighted by atomic mass is 10.0. The van der Waals surface area contributed by atoms with Crippen LogP contribution in [0.25, 0.3) is 31.5 Å². The summed E-state index contributed by atoms with van der Waals surface area (Å²) in [7, 11) is 2.14. The average Bonchev–Trinajstić information content (AvgIpc) is 3.50. The number of aromatic hydroxyl groups is 1. The fourth-order valence-corrected chi connectivity index (χ4v) is 6.09. The van der Waals surface area contributed by atoms with Gasteiger partial charge in [-0.2, -0.15) is 5.10 Å². The molecule has 4 aromatic heterocycles. The highest BCUT2D eigenvalue weighted by atomic mass is 35.5. The molecule has 0 amide bonds. The summed E-state index contributed by atoms with van der Waals surface area (Å²) in [6.45, 7) is 6.79. The number of aromatic nitrogens is 5. The van der Waals surface area contributed by atoms with E-state index in [1.54, 1.807) is 36.0 Å². The molecule has 1 saturated heterocycles. The minimum Gasteiger partial charge on any atom is -0.506 e. The van der Waals surface area contributed by atoms with Gasteiger partial charge in [0.2, 0.25) is 0 Å². The number of thiazole rings is 2. The SMILES string of the molecule is CC(C)N1CCC(N(C)c2nc3sc(-c4ncc(-c5cn[nH]c5)cc4O)nc3s2)CC1.Cl. The van der Waals surface area contributed by atoms with Crippen molar-refractivity contribution in [3.63, 3.8) is 0 Å². The Morgan fingerprint density at radius 3 is 2.50 bits per heavy atom. The highest BCUT2D eigenvalue weighted by Crippen LogP contribution is 2.39. The number of pyridine rings is 1. The summed E-state index contributed by atoms with van der Waals surface area (Å²) in [5.74, 6) is 0.106. The minimum atomic E-state index is 0. The number of hydrogen-bond donors (Lipinski definition) is 2. The van der Waals surface area contributed by atoms with Gasteiger partial charge in [-0.25, -0.2) is 15.0 Å². The first kappa shape index (κ1) is 22.9. The number of fused-ring (bicyclic) bond motifs is 1. The number of nitrogens with zero attached hydrogens (tertiary/aromatic N) is 6. The molecule has 0 unspecified atom stereocenters. The third-order valence-electron chi connectivity index (χ3n) is 5.95. The maximum absolute atomic E-state index is 10.5. The monoisotopic (exact) mass is 491 g/mol. The molecular weight excluding hydrogens is 466 g/mol. The molecule has 32 heavy (non-hydrogen) atoms. The van der Waals surface area contributed by atoms with Crippen molar-refractivity contribution in [2.45, 2.75) is 38.8 Å². The zero-order valence-corrected chi connectivity index (χ0v) is 20.6. The molecule has 0 aliphatic carbocycles. The van der Waals surface area contributed by atoms with Crippen molar-refractivity contribution < 1.29 is 5.11 Å². The van der Waals surface area contributed by atoms with Crippen LogP contribution in [0.1, 0.15) is 26.7 Å². The smallest absolute Gasteiger partial charge is 0.188 e. The lowest BCUT2D eigenvalue weighted by Gasteiger charge is -2.38. The molecule has 1 aliphatic rings. The third-order valence-corrected chi connectivity index (χ3v) is 8.07. The van der Waals surface area contributed by atoms with Gasteiger partial charge < -0.3 is 14.9 Å². The molecule has 5 heterocycles. The highest BCUT2D eigenvalue weighted by Gasteiger charge is 2.26. The predicted octanol–water partition coefficient (Wildman–Crippen LogP) is 4.64. The van der Waals surface area contributed by atoms with E-state index in [9.17, 15) is 5.11 Å². The lowest BCUT2D eigenvalue weighted by molar-refractivity contribution is 0.171. The van der Waals surface area contributed by atoms with E-state index in [1.807, 2.05) is 0 Å². The van der Waals surface area contributed by atoms with Gasteiger partial charge in [0.25, 0.3) is 0 Å². The van der Waals surface area contributed by atoms with E-state index in [1.165, 1.54) is 11.3 Å². The van der Waals surface area contributed by atoms with E-state index in [0.717, 1.165) is 51.9 Å². The van der Waals surface area contributed by atoms with Crippen LogP contribution in [0.3, 0.4) is 0 Å². The van der Waals surface area contributed by atoms with Crippen molar-refractivity contribution in [2.75, 3.05) is 25.0 Å². The molecule has 1 aliphatic heterocycles. The van der Waals surface area contributed by atoms with Crippen LogP contribution in [0.15, 0.2) is 24.7 Å². The average molecular weight is 492 g/mol. The van der Waals surface area contributed by atoms with E-state index in [-0.39, 0.29) is 18.2 Å². The van der Waals surface area contributed by atoms with E-state index in [4.69, 9.17) is 9.97 Å². The number of nitrogens with one attached hydrogen (secondary N) is 1. The molecule has 0 saturated carbocycles. The number of likely N-dealkylation sites (tertiary alicyclic amines) is 1. The molecule has 0 atom stereocenters. The number of anilines is 1. The van der Waals surface area contributed by atoms with Crippen LogP contribution in [0, 0.1) is 0 Å². The molecule has 0 aromatic carbocycles. The molecule has 8 nitrogen and oxygen atoms in total. The fraction of sp³-hybridized carbons (Fsp3) is 0.429. The van der Waals surface area contributed by atoms with E-state index in [0.29, 0.717) is 22.8 Å². The maximum atomic E-state index is 10.5. The van der Waals surface area contributed by atoms with Crippen molar-refractivity contribution in [3.05, 3.63) is 24.7 Å². The van der Waals surface area contributed by atoms with Gasteiger partial charge in [-0.15, -0.1) is 12.4 Å². The molecule has 1 fully saturated rings. The van der Waals surface area contributed by atoms with Gasteiger partial charge in [-0.05, 0) is 32.8 Å². The summed E-state index contributed by atoms with van der Waals surface area (Å²) >= 11 is 3.08. The van der Waals surface area contributed by atoms with Gasteiger partial charge in [0, 0.05) is 55.7 Å². The van der Waals surface area contributed by atoms with Gasteiger partial charge >= 0.3 is 0 Å². The topological polar surface area (TPSA) is 94.1 Å². The molecule has 170 valence electrons. The van der Waals surface area contributed by atoms with Gasteiger partial charge in [0.1, 0.15) is 16.5 Å². The predicted molar refractivity (Wildman–Crippen MR) is 133 cm³/mol. The van der Waals surface area contributed by atoms with E-state index < -0.39 is 0 Å². The standard InChI is InChI=1S/C21H25N7OS2.ClH/c1-12(2)28-6-4-15(5-7-28)27(3)21-26-20-19(31-21)25-18(30-20)17-16(29)8-13(9-22-17)14-10-23-24-11-14;/h8-12,15,29H,4-7H2,1-3H3,(H,23,24);1H. The van der Waals surface area contributed by atoms with Gasteiger partial charge in [0.15, 0.2) is 14.8 Å². The Kier molecular flexibility index (Phi) is 6.66.